The fourth-order valence-corrected chi connectivity index (χ4v) is 1.54. The summed E-state index contributed by atoms with van der Waals surface area (Å²) < 4.78 is 5.29. The molecule has 0 unspecified atom stereocenters. The van der Waals surface area contributed by atoms with Gasteiger partial charge in [0.25, 0.3) is 0 Å². The van der Waals surface area contributed by atoms with Gasteiger partial charge in [0.2, 0.25) is 5.91 Å². The highest BCUT2D eigenvalue weighted by Gasteiger charge is 2.05. The van der Waals surface area contributed by atoms with Crippen LogP contribution in [0.5, 0.6) is 0 Å². The van der Waals surface area contributed by atoms with Gasteiger partial charge in [-0.2, -0.15) is 0 Å². The average molecular weight is 265 g/mol. The highest BCUT2D eigenvalue weighted by atomic mass is 16.5. The Morgan fingerprint density at radius 3 is 2.74 bits per heavy atom. The van der Waals surface area contributed by atoms with E-state index in [4.69, 9.17) is 9.84 Å². The summed E-state index contributed by atoms with van der Waals surface area (Å²) in [5.41, 5.74) is 1.26. The second-order valence-corrected chi connectivity index (χ2v) is 4.49. The zero-order valence-corrected chi connectivity index (χ0v) is 11.2. The summed E-state index contributed by atoms with van der Waals surface area (Å²) in [7, 11) is 0. The lowest BCUT2D eigenvalue weighted by atomic mass is 10.1. The number of aliphatic carboxylic acids is 1. The number of carbonyl (C=O) groups excluding carboxylic acids is 1. The third kappa shape index (κ3) is 6.57. The van der Waals surface area contributed by atoms with E-state index < -0.39 is 5.97 Å². The van der Waals surface area contributed by atoms with Crippen LogP contribution < -0.4 is 5.32 Å². The third-order valence-electron chi connectivity index (χ3n) is 2.35. The molecule has 19 heavy (non-hydrogen) atoms. The molecule has 104 valence electrons. The topological polar surface area (TPSA) is 75.6 Å². The summed E-state index contributed by atoms with van der Waals surface area (Å²) in [6.45, 7) is 4.19. The maximum atomic E-state index is 11.6. The summed E-state index contributed by atoms with van der Waals surface area (Å²) in [5.74, 6) is -1.04. The van der Waals surface area contributed by atoms with E-state index in [2.05, 4.69) is 5.32 Å². The molecule has 0 heterocycles. The van der Waals surface area contributed by atoms with Crippen molar-refractivity contribution in [3.05, 3.63) is 29.8 Å². The van der Waals surface area contributed by atoms with E-state index in [1.165, 1.54) is 0 Å². The van der Waals surface area contributed by atoms with E-state index >= 15 is 0 Å². The van der Waals surface area contributed by atoms with Gasteiger partial charge in [-0.05, 0) is 31.5 Å². The number of carboxylic acid groups (broad SMARTS) is 1. The number of carboxylic acids is 1. The van der Waals surface area contributed by atoms with Gasteiger partial charge in [0.15, 0.2) is 0 Å². The Hall–Kier alpha value is -1.88. The molecule has 1 rings (SSSR count). The number of benzene rings is 1. The van der Waals surface area contributed by atoms with Crippen molar-refractivity contribution >= 4 is 17.6 Å². The Balaban J connectivity index is 2.47. The van der Waals surface area contributed by atoms with Gasteiger partial charge in [0.1, 0.15) is 0 Å². The number of nitrogens with one attached hydrogen (secondary N) is 1. The summed E-state index contributed by atoms with van der Waals surface area (Å²) in [6.07, 6.45) is 0.327. The molecular weight excluding hydrogens is 246 g/mol. The Labute approximate surface area is 112 Å². The van der Waals surface area contributed by atoms with E-state index in [-0.39, 0.29) is 24.9 Å². The number of carbonyl (C=O) groups is 2. The van der Waals surface area contributed by atoms with Gasteiger partial charge in [0.05, 0.1) is 25.6 Å². The summed E-state index contributed by atoms with van der Waals surface area (Å²) in [5, 5.41) is 11.4. The number of ether oxygens (including phenoxy) is 1. The van der Waals surface area contributed by atoms with E-state index in [1.807, 2.05) is 13.8 Å². The predicted octanol–water partition coefficient (Wildman–Crippen LogP) is 2.07. The van der Waals surface area contributed by atoms with Crippen LogP contribution in [0, 0.1) is 0 Å². The minimum atomic E-state index is -0.895. The van der Waals surface area contributed by atoms with Crippen molar-refractivity contribution in [2.75, 3.05) is 11.9 Å². The number of rotatable bonds is 7. The van der Waals surface area contributed by atoms with Crippen molar-refractivity contribution < 1.29 is 19.4 Å². The van der Waals surface area contributed by atoms with Crippen molar-refractivity contribution in [2.24, 2.45) is 0 Å². The van der Waals surface area contributed by atoms with Crippen LogP contribution in [-0.4, -0.2) is 29.7 Å². The van der Waals surface area contributed by atoms with Crippen LogP contribution in [0.1, 0.15) is 25.8 Å². The quantitative estimate of drug-likeness (QED) is 0.791. The molecule has 1 aromatic rings. The molecule has 0 saturated heterocycles. The zero-order chi connectivity index (χ0) is 14.3. The first kappa shape index (κ1) is 15.2. The summed E-state index contributed by atoms with van der Waals surface area (Å²) in [6, 6.07) is 6.83. The van der Waals surface area contributed by atoms with Crippen molar-refractivity contribution in [3.63, 3.8) is 0 Å². The lowest BCUT2D eigenvalue weighted by Crippen LogP contribution is -2.16. The van der Waals surface area contributed by atoms with E-state index in [9.17, 15) is 9.59 Å². The number of hydrogen-bond acceptors (Lipinski definition) is 3. The highest BCUT2D eigenvalue weighted by molar-refractivity contribution is 5.90. The van der Waals surface area contributed by atoms with Crippen LogP contribution >= 0.6 is 0 Å². The van der Waals surface area contributed by atoms with Gasteiger partial charge in [-0.3, -0.25) is 9.59 Å². The van der Waals surface area contributed by atoms with Gasteiger partial charge in [0, 0.05) is 5.69 Å². The summed E-state index contributed by atoms with van der Waals surface area (Å²) >= 11 is 0. The number of hydrogen-bond donors (Lipinski definition) is 2. The molecule has 1 amide bonds. The number of amides is 1. The van der Waals surface area contributed by atoms with Gasteiger partial charge in [-0.25, -0.2) is 0 Å². The van der Waals surface area contributed by atoms with Crippen LogP contribution in [0.4, 0.5) is 5.69 Å². The van der Waals surface area contributed by atoms with Gasteiger partial charge < -0.3 is 15.2 Å². The van der Waals surface area contributed by atoms with Crippen molar-refractivity contribution in [3.8, 4) is 0 Å². The Bertz CT molecular complexity index is 443. The second-order valence-electron chi connectivity index (χ2n) is 4.49. The first-order valence-electron chi connectivity index (χ1n) is 6.19. The Morgan fingerprint density at radius 1 is 1.37 bits per heavy atom. The van der Waals surface area contributed by atoms with Crippen LogP contribution in [0.2, 0.25) is 0 Å². The maximum Gasteiger partial charge on any atom is 0.307 e. The average Bonchev–Trinajstić information content (AvgIpc) is 2.27. The van der Waals surface area contributed by atoms with Gasteiger partial charge in [-0.1, -0.05) is 12.1 Å². The zero-order valence-electron chi connectivity index (χ0n) is 11.2. The smallest absolute Gasteiger partial charge is 0.307 e. The van der Waals surface area contributed by atoms with Crippen LogP contribution in [0.25, 0.3) is 0 Å². The molecule has 0 saturated carbocycles. The van der Waals surface area contributed by atoms with Gasteiger partial charge >= 0.3 is 5.97 Å². The molecule has 0 atom stereocenters. The van der Waals surface area contributed by atoms with Crippen molar-refractivity contribution in [1.82, 2.24) is 0 Å². The lowest BCUT2D eigenvalue weighted by Gasteiger charge is -2.08. The molecule has 0 aliphatic carbocycles. The van der Waals surface area contributed by atoms with Gasteiger partial charge in [-0.15, -0.1) is 0 Å². The molecule has 0 aromatic heterocycles. The minimum Gasteiger partial charge on any atom is -0.481 e. The first-order chi connectivity index (χ1) is 8.97. The van der Waals surface area contributed by atoms with Crippen LogP contribution in [0.15, 0.2) is 24.3 Å². The molecule has 0 radical (unpaired) electrons. The SMILES string of the molecule is CC(C)OCCC(=O)Nc1cccc(CC(=O)O)c1. The largest absolute Gasteiger partial charge is 0.481 e. The fourth-order valence-electron chi connectivity index (χ4n) is 1.54. The van der Waals surface area contributed by atoms with Crippen molar-refractivity contribution in [2.45, 2.75) is 32.8 Å². The number of anilines is 1. The maximum absolute atomic E-state index is 11.6. The molecule has 2 N–H and O–H groups in total. The third-order valence-corrected chi connectivity index (χ3v) is 2.35. The second kappa shape index (κ2) is 7.53. The fraction of sp³-hybridized carbons (Fsp3) is 0.429. The van der Waals surface area contributed by atoms with E-state index in [1.54, 1.807) is 24.3 Å². The Kier molecular flexibility index (Phi) is 6.02. The molecule has 0 bridgehead atoms. The van der Waals surface area contributed by atoms with Crippen LogP contribution in [0.3, 0.4) is 0 Å². The molecule has 0 aliphatic rings. The Morgan fingerprint density at radius 2 is 2.11 bits per heavy atom. The first-order valence-corrected chi connectivity index (χ1v) is 6.19. The van der Waals surface area contributed by atoms with E-state index in [0.717, 1.165) is 0 Å². The molecule has 0 aliphatic heterocycles. The molecule has 0 spiro atoms. The lowest BCUT2D eigenvalue weighted by molar-refractivity contribution is -0.136. The molecule has 0 fully saturated rings. The monoisotopic (exact) mass is 265 g/mol. The minimum absolute atomic E-state index is 0.0554. The highest BCUT2D eigenvalue weighted by Crippen LogP contribution is 2.11. The molecule has 5 nitrogen and oxygen atoms in total. The molecular formula is C14H19NO4. The molecule has 1 aromatic carbocycles. The van der Waals surface area contributed by atoms with Crippen molar-refractivity contribution in [1.29, 1.82) is 0 Å². The standard InChI is InChI=1S/C14H19NO4/c1-10(2)19-7-6-13(16)15-12-5-3-4-11(8-12)9-14(17)18/h3-5,8,10H,6-7,9H2,1-2H3,(H,15,16)(H,17,18). The van der Waals surface area contributed by atoms with Crippen LogP contribution in [-0.2, 0) is 20.7 Å². The molecule has 5 heteroatoms. The predicted molar refractivity (Wildman–Crippen MR) is 72.1 cm³/mol. The summed E-state index contributed by atoms with van der Waals surface area (Å²) in [4.78, 5) is 22.2. The normalized spacial score (nSPS) is 10.5. The van der Waals surface area contributed by atoms with E-state index in [0.29, 0.717) is 17.9 Å².